The van der Waals surface area contributed by atoms with E-state index in [-0.39, 0.29) is 0 Å². The van der Waals surface area contributed by atoms with E-state index in [1.54, 1.807) is 6.07 Å². The molecule has 17 heavy (non-hydrogen) atoms. The molecule has 0 unspecified atom stereocenters. The summed E-state index contributed by atoms with van der Waals surface area (Å²) in [6.07, 6.45) is 6.52. The lowest BCUT2D eigenvalue weighted by Crippen LogP contribution is -2.15. The second kappa shape index (κ2) is 6.07. The van der Waals surface area contributed by atoms with Gasteiger partial charge in [-0.1, -0.05) is 35.2 Å². The van der Waals surface area contributed by atoms with Gasteiger partial charge in [-0.15, -0.1) is 0 Å². The van der Waals surface area contributed by atoms with Crippen molar-refractivity contribution < 1.29 is 4.74 Å². The predicted octanol–water partition coefficient (Wildman–Crippen LogP) is 4.28. The number of benzene rings is 1. The van der Waals surface area contributed by atoms with E-state index in [2.05, 4.69) is 22.0 Å². The molecule has 1 aliphatic carbocycles. The van der Waals surface area contributed by atoms with Crippen molar-refractivity contribution in [2.75, 3.05) is 6.61 Å². The summed E-state index contributed by atoms with van der Waals surface area (Å²) in [5, 5.41) is 9.03. The highest BCUT2D eigenvalue weighted by Gasteiger charge is 2.14. The van der Waals surface area contributed by atoms with Crippen LogP contribution in [0.2, 0.25) is 0 Å². The van der Waals surface area contributed by atoms with Crippen LogP contribution in [0.25, 0.3) is 0 Å². The molecule has 1 saturated carbocycles. The first-order chi connectivity index (χ1) is 8.29. The average Bonchev–Trinajstić information content (AvgIpc) is 2.38. The summed E-state index contributed by atoms with van der Waals surface area (Å²) < 4.78 is 6.69. The Morgan fingerprint density at radius 3 is 2.76 bits per heavy atom. The largest absolute Gasteiger partial charge is 0.492 e. The van der Waals surface area contributed by atoms with Gasteiger partial charge in [-0.2, -0.15) is 5.26 Å². The van der Waals surface area contributed by atoms with Crippen molar-refractivity contribution in [2.45, 2.75) is 32.1 Å². The van der Waals surface area contributed by atoms with Crippen molar-refractivity contribution in [1.82, 2.24) is 0 Å². The molecule has 0 atom stereocenters. The lowest BCUT2D eigenvalue weighted by molar-refractivity contribution is 0.208. The molecule has 0 radical (unpaired) electrons. The first kappa shape index (κ1) is 12.4. The minimum atomic E-state index is 0.607. The summed E-state index contributed by atoms with van der Waals surface area (Å²) in [7, 11) is 0. The zero-order valence-corrected chi connectivity index (χ0v) is 11.4. The van der Waals surface area contributed by atoms with Gasteiger partial charge in [0.05, 0.1) is 12.2 Å². The van der Waals surface area contributed by atoms with E-state index >= 15 is 0 Å². The first-order valence-electron chi connectivity index (χ1n) is 6.12. The Morgan fingerprint density at radius 2 is 2.06 bits per heavy atom. The highest BCUT2D eigenvalue weighted by Crippen LogP contribution is 2.27. The van der Waals surface area contributed by atoms with Crippen LogP contribution in [0.5, 0.6) is 5.75 Å². The van der Waals surface area contributed by atoms with Crippen LogP contribution in [0.1, 0.15) is 37.7 Å². The summed E-state index contributed by atoms with van der Waals surface area (Å²) in [5.74, 6) is 1.38. The third-order valence-corrected chi connectivity index (χ3v) is 3.75. The van der Waals surface area contributed by atoms with Gasteiger partial charge < -0.3 is 4.74 Å². The molecule has 90 valence electrons. The van der Waals surface area contributed by atoms with Gasteiger partial charge in [-0.25, -0.2) is 0 Å². The smallest absolute Gasteiger partial charge is 0.137 e. The van der Waals surface area contributed by atoms with Gasteiger partial charge in [-0.3, -0.25) is 0 Å². The molecule has 0 aliphatic heterocycles. The number of nitriles is 1. The molecule has 1 fully saturated rings. The molecule has 0 saturated heterocycles. The fourth-order valence-electron chi connectivity index (χ4n) is 2.28. The zero-order chi connectivity index (χ0) is 12.1. The summed E-state index contributed by atoms with van der Waals surface area (Å²) in [6.45, 7) is 0.746. The lowest BCUT2D eigenvalue weighted by Gasteiger charge is -2.21. The van der Waals surface area contributed by atoms with E-state index in [4.69, 9.17) is 10.00 Å². The maximum Gasteiger partial charge on any atom is 0.137 e. The van der Waals surface area contributed by atoms with Crippen LogP contribution in [0.15, 0.2) is 22.7 Å². The average molecular weight is 294 g/mol. The highest BCUT2D eigenvalue weighted by atomic mass is 79.9. The minimum absolute atomic E-state index is 0.607. The second-order valence-corrected chi connectivity index (χ2v) is 5.48. The van der Waals surface area contributed by atoms with Crippen LogP contribution in [-0.2, 0) is 0 Å². The van der Waals surface area contributed by atoms with Gasteiger partial charge in [0.15, 0.2) is 0 Å². The van der Waals surface area contributed by atoms with E-state index in [0.29, 0.717) is 17.2 Å². The van der Waals surface area contributed by atoms with Crippen LogP contribution < -0.4 is 4.74 Å². The SMILES string of the molecule is N#Cc1cc(Br)ccc1OCC1CCCCC1. The summed E-state index contributed by atoms with van der Waals surface area (Å²) in [5.41, 5.74) is 0.607. The molecule has 0 aromatic heterocycles. The third kappa shape index (κ3) is 3.47. The Labute approximate surface area is 111 Å². The highest BCUT2D eigenvalue weighted by molar-refractivity contribution is 9.10. The molecule has 3 heteroatoms. The zero-order valence-electron chi connectivity index (χ0n) is 9.79. The summed E-state index contributed by atoms with van der Waals surface area (Å²) >= 11 is 3.36. The van der Waals surface area contributed by atoms with Gasteiger partial charge in [0.1, 0.15) is 11.8 Å². The number of rotatable bonds is 3. The van der Waals surface area contributed by atoms with E-state index < -0.39 is 0 Å². The molecule has 0 bridgehead atoms. The van der Waals surface area contributed by atoms with E-state index in [9.17, 15) is 0 Å². The maximum atomic E-state index is 9.03. The van der Waals surface area contributed by atoms with Gasteiger partial charge in [0, 0.05) is 4.47 Å². The predicted molar refractivity (Wildman–Crippen MR) is 70.9 cm³/mol. The molecule has 1 aliphatic rings. The number of hydrogen-bond donors (Lipinski definition) is 0. The van der Waals surface area contributed by atoms with Gasteiger partial charge in [-0.05, 0) is 37.0 Å². The topological polar surface area (TPSA) is 33.0 Å². The number of halogens is 1. The molecular weight excluding hydrogens is 278 g/mol. The molecule has 0 N–H and O–H groups in total. The fourth-order valence-corrected chi connectivity index (χ4v) is 2.64. The Morgan fingerprint density at radius 1 is 1.29 bits per heavy atom. The van der Waals surface area contributed by atoms with Gasteiger partial charge in [0.25, 0.3) is 0 Å². The molecule has 2 rings (SSSR count). The second-order valence-electron chi connectivity index (χ2n) is 4.57. The summed E-state index contributed by atoms with van der Waals surface area (Å²) in [4.78, 5) is 0. The van der Waals surface area contributed by atoms with Crippen LogP contribution >= 0.6 is 15.9 Å². The number of hydrogen-bond acceptors (Lipinski definition) is 2. The molecule has 1 aromatic carbocycles. The molecule has 0 amide bonds. The Kier molecular flexibility index (Phi) is 4.44. The van der Waals surface area contributed by atoms with Crippen LogP contribution in [-0.4, -0.2) is 6.61 Å². The van der Waals surface area contributed by atoms with E-state index in [1.807, 2.05) is 12.1 Å². The Hall–Kier alpha value is -1.01. The molecule has 0 spiro atoms. The molecule has 1 aromatic rings. The van der Waals surface area contributed by atoms with E-state index in [1.165, 1.54) is 32.1 Å². The van der Waals surface area contributed by atoms with Crippen molar-refractivity contribution in [1.29, 1.82) is 5.26 Å². The lowest BCUT2D eigenvalue weighted by atomic mass is 9.90. The fraction of sp³-hybridized carbons (Fsp3) is 0.500. The van der Waals surface area contributed by atoms with E-state index in [0.717, 1.165) is 11.1 Å². The normalized spacial score (nSPS) is 16.5. The van der Waals surface area contributed by atoms with Crippen molar-refractivity contribution >= 4 is 15.9 Å². The monoisotopic (exact) mass is 293 g/mol. The van der Waals surface area contributed by atoms with Gasteiger partial charge >= 0.3 is 0 Å². The van der Waals surface area contributed by atoms with Crippen molar-refractivity contribution in [3.63, 3.8) is 0 Å². The standard InChI is InChI=1S/C14H16BrNO/c15-13-6-7-14(12(8-13)9-16)17-10-11-4-2-1-3-5-11/h6-8,11H,1-5,10H2. The van der Waals surface area contributed by atoms with Crippen LogP contribution in [0.3, 0.4) is 0 Å². The Balaban J connectivity index is 1.96. The molecule has 0 heterocycles. The van der Waals surface area contributed by atoms with Crippen LogP contribution in [0.4, 0.5) is 0 Å². The minimum Gasteiger partial charge on any atom is -0.492 e. The van der Waals surface area contributed by atoms with Crippen molar-refractivity contribution in [3.8, 4) is 11.8 Å². The number of nitrogens with zero attached hydrogens (tertiary/aromatic N) is 1. The van der Waals surface area contributed by atoms with Gasteiger partial charge in [0.2, 0.25) is 0 Å². The molecular formula is C14H16BrNO. The number of ether oxygens (including phenoxy) is 1. The molecule has 2 nitrogen and oxygen atoms in total. The quantitative estimate of drug-likeness (QED) is 0.833. The van der Waals surface area contributed by atoms with Crippen molar-refractivity contribution in [2.24, 2.45) is 5.92 Å². The van der Waals surface area contributed by atoms with Crippen molar-refractivity contribution in [3.05, 3.63) is 28.2 Å². The summed E-state index contributed by atoms with van der Waals surface area (Å²) in [6, 6.07) is 7.75. The first-order valence-corrected chi connectivity index (χ1v) is 6.91. The Bertz CT molecular complexity index is 419. The maximum absolute atomic E-state index is 9.03. The van der Waals surface area contributed by atoms with Crippen LogP contribution in [0, 0.1) is 17.2 Å². The third-order valence-electron chi connectivity index (χ3n) is 3.26.